The Morgan fingerprint density at radius 3 is 2.61 bits per heavy atom. The van der Waals surface area contributed by atoms with Crippen molar-refractivity contribution in [3.63, 3.8) is 0 Å². The minimum absolute atomic E-state index is 0.0623. The molecule has 0 fully saturated rings. The van der Waals surface area contributed by atoms with Crippen LogP contribution in [0.15, 0.2) is 42.6 Å². The van der Waals surface area contributed by atoms with Gasteiger partial charge in [-0.05, 0) is 12.1 Å². The van der Waals surface area contributed by atoms with E-state index in [1.54, 1.807) is 19.4 Å². The van der Waals surface area contributed by atoms with Gasteiger partial charge in [0, 0.05) is 53.7 Å². The lowest BCUT2D eigenvalue weighted by atomic mass is 10.1. The van der Waals surface area contributed by atoms with Crippen LogP contribution in [-0.4, -0.2) is 36.6 Å². The fourth-order valence-corrected chi connectivity index (χ4v) is 3.75. The number of nitrogens with zero attached hydrogens (tertiary/aromatic N) is 1. The molecular weight excluding hydrogens is 396 g/mol. The zero-order valence-corrected chi connectivity index (χ0v) is 17.8. The largest absolute Gasteiger partial charge is 0.496 e. The van der Waals surface area contributed by atoms with Crippen molar-refractivity contribution in [2.75, 3.05) is 20.3 Å². The summed E-state index contributed by atoms with van der Waals surface area (Å²) >= 11 is 0. The summed E-state index contributed by atoms with van der Waals surface area (Å²) in [7, 11) is 1.59. The minimum atomic E-state index is -0.162. The number of nitrogens with one attached hydrogen (secondary N) is 1. The molecule has 7 nitrogen and oxygen atoms in total. The Balaban J connectivity index is 1.50. The maximum atomic E-state index is 12.7. The molecule has 1 aliphatic heterocycles. The molecule has 3 aromatic rings. The van der Waals surface area contributed by atoms with Crippen molar-refractivity contribution in [1.82, 2.24) is 9.88 Å². The Morgan fingerprint density at radius 1 is 1.13 bits per heavy atom. The summed E-state index contributed by atoms with van der Waals surface area (Å²) in [6.07, 6.45) is 3.00. The number of carbonyl (C=O) groups is 2. The van der Waals surface area contributed by atoms with Crippen LogP contribution >= 0.6 is 0 Å². The summed E-state index contributed by atoms with van der Waals surface area (Å²) < 4.78 is 18.7. The van der Waals surface area contributed by atoms with Crippen molar-refractivity contribution in [1.29, 1.82) is 0 Å². The molecule has 1 amide bonds. The second-order valence-electron chi connectivity index (χ2n) is 7.40. The molecule has 0 unspecified atom stereocenters. The van der Waals surface area contributed by atoms with E-state index in [0.29, 0.717) is 49.0 Å². The van der Waals surface area contributed by atoms with E-state index < -0.39 is 0 Å². The number of benzene rings is 2. The summed E-state index contributed by atoms with van der Waals surface area (Å²) in [6.45, 7) is 3.43. The van der Waals surface area contributed by atoms with Gasteiger partial charge < -0.3 is 24.1 Å². The van der Waals surface area contributed by atoms with E-state index >= 15 is 0 Å². The SMILES string of the molecule is CCC(=O)c1cn(CC(=O)NCc2cc3c(cc2OC)OCCCO3)c2ccccc12. The third-order valence-electron chi connectivity index (χ3n) is 5.35. The predicted molar refractivity (Wildman–Crippen MR) is 117 cm³/mol. The molecule has 31 heavy (non-hydrogen) atoms. The van der Waals surface area contributed by atoms with Gasteiger partial charge in [0.05, 0.1) is 20.3 Å². The third-order valence-corrected chi connectivity index (χ3v) is 5.35. The van der Waals surface area contributed by atoms with Gasteiger partial charge in [0.25, 0.3) is 0 Å². The van der Waals surface area contributed by atoms with Gasteiger partial charge in [-0.1, -0.05) is 25.1 Å². The summed E-state index contributed by atoms with van der Waals surface area (Å²) in [6, 6.07) is 11.3. The molecule has 0 spiro atoms. The quantitative estimate of drug-likeness (QED) is 0.587. The molecule has 4 rings (SSSR count). The number of fused-ring (bicyclic) bond motifs is 2. The molecule has 7 heteroatoms. The van der Waals surface area contributed by atoms with Crippen LogP contribution in [0, 0.1) is 0 Å². The average Bonchev–Trinajstić information content (AvgIpc) is 2.99. The van der Waals surface area contributed by atoms with Crippen molar-refractivity contribution in [3.05, 3.63) is 53.7 Å². The minimum Gasteiger partial charge on any atom is -0.496 e. The fraction of sp³-hybridized carbons (Fsp3) is 0.333. The van der Waals surface area contributed by atoms with Gasteiger partial charge in [0.2, 0.25) is 5.91 Å². The van der Waals surface area contributed by atoms with Gasteiger partial charge in [-0.2, -0.15) is 0 Å². The number of methoxy groups -OCH3 is 1. The molecule has 2 heterocycles. The lowest BCUT2D eigenvalue weighted by Crippen LogP contribution is -2.27. The van der Waals surface area contributed by atoms with Crippen molar-refractivity contribution < 1.29 is 23.8 Å². The molecule has 162 valence electrons. The van der Waals surface area contributed by atoms with E-state index in [1.807, 2.05) is 41.8 Å². The Morgan fingerprint density at radius 2 is 1.87 bits per heavy atom. The first kappa shape index (κ1) is 20.8. The molecule has 0 bridgehead atoms. The number of amides is 1. The molecule has 0 aliphatic carbocycles. The first-order valence-corrected chi connectivity index (χ1v) is 10.4. The monoisotopic (exact) mass is 422 g/mol. The van der Waals surface area contributed by atoms with Gasteiger partial charge in [0.15, 0.2) is 17.3 Å². The van der Waals surface area contributed by atoms with Crippen molar-refractivity contribution in [2.45, 2.75) is 32.9 Å². The van der Waals surface area contributed by atoms with Crippen LogP contribution in [-0.2, 0) is 17.9 Å². The van der Waals surface area contributed by atoms with Crippen LogP contribution in [0.25, 0.3) is 10.9 Å². The second-order valence-corrected chi connectivity index (χ2v) is 7.40. The van der Waals surface area contributed by atoms with E-state index in [2.05, 4.69) is 5.32 Å². The summed E-state index contributed by atoms with van der Waals surface area (Å²) in [5.74, 6) is 1.84. The topological polar surface area (TPSA) is 78.8 Å². The first-order valence-electron chi connectivity index (χ1n) is 10.4. The van der Waals surface area contributed by atoms with Crippen LogP contribution in [0.3, 0.4) is 0 Å². The van der Waals surface area contributed by atoms with Crippen molar-refractivity contribution in [2.24, 2.45) is 0 Å². The van der Waals surface area contributed by atoms with Gasteiger partial charge in [-0.25, -0.2) is 0 Å². The zero-order chi connectivity index (χ0) is 21.8. The number of Topliss-reactive ketones (excluding diaryl/α,β-unsaturated/α-hetero) is 1. The Labute approximate surface area is 180 Å². The second kappa shape index (κ2) is 9.12. The van der Waals surface area contributed by atoms with E-state index in [0.717, 1.165) is 22.9 Å². The van der Waals surface area contributed by atoms with Crippen LogP contribution in [0.2, 0.25) is 0 Å². The molecule has 2 aromatic carbocycles. The Bertz CT molecular complexity index is 1120. The fourth-order valence-electron chi connectivity index (χ4n) is 3.75. The highest BCUT2D eigenvalue weighted by Gasteiger charge is 2.17. The van der Waals surface area contributed by atoms with E-state index in [9.17, 15) is 9.59 Å². The number of ketones is 1. The van der Waals surface area contributed by atoms with Crippen molar-refractivity contribution in [3.8, 4) is 17.2 Å². The maximum Gasteiger partial charge on any atom is 0.240 e. The van der Waals surface area contributed by atoms with Crippen LogP contribution in [0.1, 0.15) is 35.7 Å². The lowest BCUT2D eigenvalue weighted by Gasteiger charge is -2.14. The molecule has 0 saturated heterocycles. The molecular formula is C24H26N2O5. The third kappa shape index (κ3) is 4.35. The smallest absolute Gasteiger partial charge is 0.240 e. The van der Waals surface area contributed by atoms with E-state index in [4.69, 9.17) is 14.2 Å². The molecule has 0 atom stereocenters. The number of hydrogen-bond acceptors (Lipinski definition) is 5. The number of hydrogen-bond donors (Lipinski definition) is 1. The average molecular weight is 422 g/mol. The van der Waals surface area contributed by atoms with Gasteiger partial charge in [0.1, 0.15) is 12.3 Å². The van der Waals surface area contributed by atoms with Crippen molar-refractivity contribution >= 4 is 22.6 Å². The molecule has 1 aliphatic rings. The highest BCUT2D eigenvalue weighted by Crippen LogP contribution is 2.36. The highest BCUT2D eigenvalue weighted by atomic mass is 16.5. The predicted octanol–water partition coefficient (Wildman–Crippen LogP) is 3.72. The number of carbonyl (C=O) groups excluding carboxylic acids is 2. The summed E-state index contributed by atoms with van der Waals surface area (Å²) in [5.41, 5.74) is 2.32. The van der Waals surface area contributed by atoms with Crippen LogP contribution in [0.4, 0.5) is 0 Å². The number of aromatic nitrogens is 1. The lowest BCUT2D eigenvalue weighted by molar-refractivity contribution is -0.121. The molecule has 1 N–H and O–H groups in total. The molecule has 0 saturated carbocycles. The van der Waals surface area contributed by atoms with Gasteiger partial charge >= 0.3 is 0 Å². The summed E-state index contributed by atoms with van der Waals surface area (Å²) in [5, 5.41) is 3.81. The Kier molecular flexibility index (Phi) is 6.11. The molecule has 0 radical (unpaired) electrons. The normalized spacial score (nSPS) is 13.0. The van der Waals surface area contributed by atoms with Gasteiger partial charge in [-0.3, -0.25) is 9.59 Å². The molecule has 1 aromatic heterocycles. The van der Waals surface area contributed by atoms with E-state index in [-0.39, 0.29) is 18.2 Å². The summed E-state index contributed by atoms with van der Waals surface area (Å²) in [4.78, 5) is 25.0. The van der Waals surface area contributed by atoms with E-state index in [1.165, 1.54) is 0 Å². The standard InChI is InChI=1S/C24H26N2O5/c1-3-20(27)18-14-26(19-8-5-4-7-17(18)19)15-24(28)25-13-16-11-22-23(12-21(16)29-2)31-10-6-9-30-22/h4-5,7-8,11-12,14H,3,6,9-10,13,15H2,1-2H3,(H,25,28). The number of ether oxygens (including phenoxy) is 3. The first-order chi connectivity index (χ1) is 15.1. The highest BCUT2D eigenvalue weighted by molar-refractivity contribution is 6.08. The number of rotatable bonds is 7. The van der Waals surface area contributed by atoms with Crippen LogP contribution in [0.5, 0.6) is 17.2 Å². The van der Waals surface area contributed by atoms with Crippen LogP contribution < -0.4 is 19.5 Å². The maximum absolute atomic E-state index is 12.7. The zero-order valence-electron chi connectivity index (χ0n) is 17.8. The Hall–Kier alpha value is -3.48. The number of para-hydroxylation sites is 1. The van der Waals surface area contributed by atoms with Gasteiger partial charge in [-0.15, -0.1) is 0 Å².